The van der Waals surface area contributed by atoms with Gasteiger partial charge in [0.15, 0.2) is 0 Å². The Morgan fingerprint density at radius 3 is 2.84 bits per heavy atom. The summed E-state index contributed by atoms with van der Waals surface area (Å²) in [7, 11) is 0. The number of fused-ring (bicyclic) bond motifs is 1. The molecule has 1 aliphatic carbocycles. The van der Waals surface area contributed by atoms with Crippen molar-refractivity contribution in [3.63, 3.8) is 0 Å². The van der Waals surface area contributed by atoms with Crippen LogP contribution in [0.5, 0.6) is 0 Å². The molecule has 0 bridgehead atoms. The molecule has 0 saturated carbocycles. The lowest BCUT2D eigenvalue weighted by molar-refractivity contribution is 0.260. The molecule has 0 spiro atoms. The Morgan fingerprint density at radius 1 is 1.19 bits per heavy atom. The molecule has 7 heteroatoms. The van der Waals surface area contributed by atoms with Crippen molar-refractivity contribution in [3.05, 3.63) is 60.5 Å². The summed E-state index contributed by atoms with van der Waals surface area (Å²) in [6.07, 6.45) is 26.1. The van der Waals surface area contributed by atoms with Crippen LogP contribution in [-0.2, 0) is 0 Å². The van der Waals surface area contributed by atoms with Crippen LogP contribution in [0.2, 0.25) is 0 Å². The van der Waals surface area contributed by atoms with Crippen LogP contribution < -0.4 is 21.5 Å². The van der Waals surface area contributed by atoms with Gasteiger partial charge >= 0.3 is 0 Å². The second-order valence-electron chi connectivity index (χ2n) is 8.79. The minimum atomic E-state index is 0.140. The summed E-state index contributed by atoms with van der Waals surface area (Å²) < 4.78 is 0. The first-order valence-corrected chi connectivity index (χ1v) is 12.0. The first-order valence-electron chi connectivity index (χ1n) is 12.0. The van der Waals surface area contributed by atoms with Crippen LogP contribution >= 0.6 is 0 Å². The fraction of sp³-hybridized carbons (Fsp3) is 0.520. The van der Waals surface area contributed by atoms with Gasteiger partial charge in [0.05, 0.1) is 18.1 Å². The number of likely N-dealkylation sites (tertiary alicyclic amines) is 1. The Hall–Kier alpha value is -2.80. The standard InChI is InChI=1S/C25H37N7/c1-3-5-23(19-6-7-24-21(16-19)18-29-30-24)27-12-8-20-17-28-31-25(20)11-15-32-13-9-22(10-14-32)26-4-2/h3,5-8,11-12,15-18,20-27,30-31H,4,9-10,13-14H2,1-2H3/b5-3+,12-8+,15-11+. The predicted octanol–water partition coefficient (Wildman–Crippen LogP) is 2.27. The lowest BCUT2D eigenvalue weighted by atomic mass is 9.90. The van der Waals surface area contributed by atoms with Crippen LogP contribution in [-0.4, -0.2) is 61.1 Å². The number of rotatable bonds is 9. The van der Waals surface area contributed by atoms with Crippen LogP contribution in [0.4, 0.5) is 0 Å². The molecule has 32 heavy (non-hydrogen) atoms. The highest BCUT2D eigenvalue weighted by molar-refractivity contribution is 5.69. The Labute approximate surface area is 192 Å². The summed E-state index contributed by atoms with van der Waals surface area (Å²) in [5.74, 6) is 0.563. The first-order chi connectivity index (χ1) is 15.8. The van der Waals surface area contributed by atoms with Gasteiger partial charge in [-0.05, 0) is 50.4 Å². The second-order valence-corrected chi connectivity index (χ2v) is 8.79. The van der Waals surface area contributed by atoms with E-state index >= 15 is 0 Å². The quantitative estimate of drug-likeness (QED) is 0.418. The van der Waals surface area contributed by atoms with Crippen molar-refractivity contribution in [2.75, 3.05) is 19.6 Å². The summed E-state index contributed by atoms with van der Waals surface area (Å²) >= 11 is 0. The van der Waals surface area contributed by atoms with Crippen LogP contribution in [0.25, 0.3) is 0 Å². The van der Waals surface area contributed by atoms with Crippen LogP contribution in [0, 0.1) is 11.8 Å². The number of nitrogens with zero attached hydrogens (tertiary/aromatic N) is 3. The number of hydrogen-bond donors (Lipinski definition) is 4. The highest BCUT2D eigenvalue weighted by atomic mass is 15.3. The molecule has 0 aromatic carbocycles. The summed E-state index contributed by atoms with van der Waals surface area (Å²) in [6, 6.07) is 1.29. The van der Waals surface area contributed by atoms with E-state index in [0.717, 1.165) is 19.6 Å². The molecular formula is C25H37N7. The molecule has 3 aliphatic heterocycles. The maximum absolute atomic E-state index is 4.31. The molecule has 4 aliphatic rings. The lowest BCUT2D eigenvalue weighted by Crippen LogP contribution is -2.40. The van der Waals surface area contributed by atoms with Gasteiger partial charge in [-0.2, -0.15) is 10.2 Å². The van der Waals surface area contributed by atoms with E-state index in [1.807, 2.05) is 12.4 Å². The summed E-state index contributed by atoms with van der Waals surface area (Å²) in [5, 5.41) is 15.6. The molecule has 0 aromatic rings. The minimum Gasteiger partial charge on any atom is -0.381 e. The molecule has 5 atom stereocenters. The largest absolute Gasteiger partial charge is 0.381 e. The van der Waals surface area contributed by atoms with Crippen LogP contribution in [0.1, 0.15) is 26.7 Å². The van der Waals surface area contributed by atoms with Crippen molar-refractivity contribution in [3.8, 4) is 0 Å². The summed E-state index contributed by atoms with van der Waals surface area (Å²) in [5.41, 5.74) is 7.63. The third-order valence-electron chi connectivity index (χ3n) is 6.52. The highest BCUT2D eigenvalue weighted by Crippen LogP contribution is 2.22. The van der Waals surface area contributed by atoms with E-state index in [9.17, 15) is 0 Å². The van der Waals surface area contributed by atoms with Gasteiger partial charge < -0.3 is 26.4 Å². The van der Waals surface area contributed by atoms with Gasteiger partial charge in [0.2, 0.25) is 0 Å². The zero-order chi connectivity index (χ0) is 22.2. The smallest absolute Gasteiger partial charge is 0.0750 e. The van der Waals surface area contributed by atoms with Crippen LogP contribution in [0.15, 0.2) is 70.7 Å². The maximum atomic E-state index is 4.31. The van der Waals surface area contributed by atoms with Gasteiger partial charge in [-0.3, -0.25) is 0 Å². The van der Waals surface area contributed by atoms with E-state index in [4.69, 9.17) is 0 Å². The first kappa shape index (κ1) is 22.4. The molecule has 5 unspecified atom stereocenters. The molecule has 172 valence electrons. The van der Waals surface area contributed by atoms with Gasteiger partial charge in [-0.1, -0.05) is 43.4 Å². The molecule has 0 radical (unpaired) electrons. The molecular weight excluding hydrogens is 398 g/mol. The SMILES string of the molecule is C/C=C/C(N/C=C/C1C=NNC1/C=C/N1CCC(NCC)CC1)C1=CC2C=NNC2C=C1. The third kappa shape index (κ3) is 5.71. The molecule has 4 N–H and O–H groups in total. The second kappa shape index (κ2) is 11.2. The number of nitrogens with one attached hydrogen (secondary N) is 4. The van der Waals surface area contributed by atoms with E-state index in [0.29, 0.717) is 18.0 Å². The minimum absolute atomic E-state index is 0.140. The van der Waals surface area contributed by atoms with Crippen molar-refractivity contribution in [2.45, 2.75) is 50.9 Å². The fourth-order valence-corrected chi connectivity index (χ4v) is 4.63. The van der Waals surface area contributed by atoms with E-state index < -0.39 is 0 Å². The van der Waals surface area contributed by atoms with E-state index in [1.54, 1.807) is 0 Å². The highest BCUT2D eigenvalue weighted by Gasteiger charge is 2.25. The predicted molar refractivity (Wildman–Crippen MR) is 133 cm³/mol. The number of hydrogen-bond acceptors (Lipinski definition) is 7. The van der Waals surface area contributed by atoms with E-state index in [-0.39, 0.29) is 18.0 Å². The zero-order valence-corrected chi connectivity index (χ0v) is 19.2. The van der Waals surface area contributed by atoms with Crippen molar-refractivity contribution in [1.29, 1.82) is 0 Å². The number of hydrazone groups is 2. The van der Waals surface area contributed by atoms with E-state index in [2.05, 4.69) is 105 Å². The van der Waals surface area contributed by atoms with Crippen molar-refractivity contribution in [2.24, 2.45) is 22.0 Å². The third-order valence-corrected chi connectivity index (χ3v) is 6.52. The fourth-order valence-electron chi connectivity index (χ4n) is 4.63. The van der Waals surface area contributed by atoms with Gasteiger partial charge in [0.1, 0.15) is 0 Å². The number of allylic oxidation sites excluding steroid dienone is 1. The number of piperidine rings is 1. The molecule has 4 rings (SSSR count). The molecule has 7 nitrogen and oxygen atoms in total. The Kier molecular flexibility index (Phi) is 7.82. The molecule has 3 heterocycles. The Morgan fingerprint density at radius 2 is 2.03 bits per heavy atom. The summed E-state index contributed by atoms with van der Waals surface area (Å²) in [6.45, 7) is 7.52. The zero-order valence-electron chi connectivity index (χ0n) is 19.2. The lowest BCUT2D eigenvalue weighted by Gasteiger charge is -2.31. The molecule has 1 fully saturated rings. The van der Waals surface area contributed by atoms with Gasteiger partial charge in [-0.25, -0.2) is 0 Å². The van der Waals surface area contributed by atoms with E-state index in [1.165, 1.54) is 18.4 Å². The normalized spacial score (nSPS) is 30.8. The molecule has 0 aromatic heterocycles. The van der Waals surface area contributed by atoms with Crippen molar-refractivity contribution < 1.29 is 0 Å². The van der Waals surface area contributed by atoms with Crippen molar-refractivity contribution >= 4 is 12.4 Å². The van der Waals surface area contributed by atoms with Crippen LogP contribution in [0.3, 0.4) is 0 Å². The van der Waals surface area contributed by atoms with Crippen molar-refractivity contribution in [1.82, 2.24) is 26.4 Å². The Balaban J connectivity index is 1.29. The maximum Gasteiger partial charge on any atom is 0.0750 e. The average Bonchev–Trinajstić information content (AvgIpc) is 3.47. The average molecular weight is 436 g/mol. The van der Waals surface area contributed by atoms with Gasteiger partial charge in [-0.15, -0.1) is 0 Å². The topological polar surface area (TPSA) is 76.1 Å². The van der Waals surface area contributed by atoms with Gasteiger partial charge in [0.25, 0.3) is 0 Å². The summed E-state index contributed by atoms with van der Waals surface area (Å²) in [4.78, 5) is 2.42. The molecule has 0 amide bonds. The monoisotopic (exact) mass is 435 g/mol. The Bertz CT molecular complexity index is 814. The molecule has 1 saturated heterocycles. The van der Waals surface area contributed by atoms with Gasteiger partial charge in [0, 0.05) is 43.4 Å².